The van der Waals surface area contributed by atoms with E-state index in [4.69, 9.17) is 0 Å². The highest BCUT2D eigenvalue weighted by Crippen LogP contribution is 2.26. The number of benzene rings is 3. The summed E-state index contributed by atoms with van der Waals surface area (Å²) < 4.78 is 0. The Hall–Kier alpha value is -2.34. The van der Waals surface area contributed by atoms with Crippen LogP contribution in [0, 0.1) is 13.8 Å². The molecule has 0 amide bonds. The van der Waals surface area contributed by atoms with Crippen molar-refractivity contribution in [3.63, 3.8) is 0 Å². The Morgan fingerprint density at radius 2 is 0.864 bits per heavy atom. The summed E-state index contributed by atoms with van der Waals surface area (Å²) in [6, 6.07) is 26.0. The zero-order valence-corrected chi connectivity index (χ0v) is 13.9. The molecule has 0 unspecified atom stereocenters. The molecule has 0 radical (unpaired) electrons. The number of rotatable bonds is 2. The summed E-state index contributed by atoms with van der Waals surface area (Å²) in [4.78, 5) is 0. The summed E-state index contributed by atoms with van der Waals surface area (Å²) >= 11 is 0. The lowest BCUT2D eigenvalue weighted by Gasteiger charge is -2.07. The topological polar surface area (TPSA) is 0 Å². The number of hydrogen-bond donors (Lipinski definition) is 0. The standard InChI is InChI=1S/C20H18.C2H6/c1-15-12-16(2)14-20(13-15)19-10-8-18(9-11-19)17-6-4-3-5-7-17;1-2/h3-14H,1-2H3;1-2H3. The van der Waals surface area contributed by atoms with Gasteiger partial charge in [-0.15, -0.1) is 0 Å². The Bertz CT molecular complexity index is 687. The highest BCUT2D eigenvalue weighted by atomic mass is 14.1. The average Bonchev–Trinajstić information content (AvgIpc) is 2.57. The van der Waals surface area contributed by atoms with Crippen molar-refractivity contribution in [2.24, 2.45) is 0 Å². The molecule has 0 aliphatic heterocycles. The molecule has 0 aliphatic rings. The fourth-order valence-electron chi connectivity index (χ4n) is 2.63. The van der Waals surface area contributed by atoms with Gasteiger partial charge in [0.25, 0.3) is 0 Å². The van der Waals surface area contributed by atoms with Crippen LogP contribution in [0.2, 0.25) is 0 Å². The zero-order valence-electron chi connectivity index (χ0n) is 13.9. The lowest BCUT2D eigenvalue weighted by molar-refractivity contribution is 1.38. The van der Waals surface area contributed by atoms with Crippen LogP contribution in [0.25, 0.3) is 22.3 Å². The number of hydrogen-bond acceptors (Lipinski definition) is 0. The molecule has 0 fully saturated rings. The first-order valence-electron chi connectivity index (χ1n) is 7.96. The Balaban J connectivity index is 0.000000847. The Morgan fingerprint density at radius 3 is 1.36 bits per heavy atom. The van der Waals surface area contributed by atoms with Gasteiger partial charge in [0.05, 0.1) is 0 Å². The molecule has 0 saturated carbocycles. The molecule has 0 saturated heterocycles. The normalized spacial score (nSPS) is 9.82. The minimum atomic E-state index is 1.26. The predicted octanol–water partition coefficient (Wildman–Crippen LogP) is 6.66. The Labute approximate surface area is 134 Å². The van der Waals surface area contributed by atoms with Gasteiger partial charge in [-0.25, -0.2) is 0 Å². The van der Waals surface area contributed by atoms with Crippen LogP contribution >= 0.6 is 0 Å². The molecule has 0 atom stereocenters. The van der Waals surface area contributed by atoms with Gasteiger partial charge in [0.15, 0.2) is 0 Å². The fraction of sp³-hybridized carbons (Fsp3) is 0.182. The average molecular weight is 288 g/mol. The van der Waals surface area contributed by atoms with Gasteiger partial charge in [-0.3, -0.25) is 0 Å². The van der Waals surface area contributed by atoms with Gasteiger partial charge in [0, 0.05) is 0 Å². The van der Waals surface area contributed by atoms with Crippen molar-refractivity contribution < 1.29 is 0 Å². The van der Waals surface area contributed by atoms with Crippen molar-refractivity contribution in [3.05, 3.63) is 83.9 Å². The van der Waals surface area contributed by atoms with Gasteiger partial charge in [-0.2, -0.15) is 0 Å². The highest BCUT2D eigenvalue weighted by molar-refractivity contribution is 5.71. The molecule has 112 valence electrons. The molecule has 0 aliphatic carbocycles. The second-order valence-electron chi connectivity index (χ2n) is 5.32. The molecule has 0 heteroatoms. The van der Waals surface area contributed by atoms with Gasteiger partial charge in [-0.1, -0.05) is 97.8 Å². The van der Waals surface area contributed by atoms with Crippen LogP contribution in [0.5, 0.6) is 0 Å². The molecule has 0 N–H and O–H groups in total. The molecule has 0 bridgehead atoms. The molecule has 0 aromatic heterocycles. The van der Waals surface area contributed by atoms with Crippen molar-refractivity contribution >= 4 is 0 Å². The van der Waals surface area contributed by atoms with E-state index >= 15 is 0 Å². The van der Waals surface area contributed by atoms with E-state index in [1.807, 2.05) is 19.9 Å². The van der Waals surface area contributed by atoms with Gasteiger partial charge >= 0.3 is 0 Å². The van der Waals surface area contributed by atoms with Gasteiger partial charge in [-0.05, 0) is 36.1 Å². The van der Waals surface area contributed by atoms with Crippen LogP contribution in [-0.2, 0) is 0 Å². The van der Waals surface area contributed by atoms with Crippen LogP contribution in [0.1, 0.15) is 25.0 Å². The maximum atomic E-state index is 2.24. The second-order valence-corrected chi connectivity index (χ2v) is 5.32. The number of aryl methyl sites for hydroxylation is 2. The molecular weight excluding hydrogens is 264 g/mol. The first-order valence-corrected chi connectivity index (χ1v) is 7.96. The van der Waals surface area contributed by atoms with E-state index < -0.39 is 0 Å². The third-order valence-electron chi connectivity index (χ3n) is 3.55. The third kappa shape index (κ3) is 3.85. The maximum absolute atomic E-state index is 2.24. The van der Waals surface area contributed by atoms with E-state index in [0.29, 0.717) is 0 Å². The molecule has 3 rings (SSSR count). The van der Waals surface area contributed by atoms with Crippen molar-refractivity contribution in [2.45, 2.75) is 27.7 Å². The van der Waals surface area contributed by atoms with Crippen molar-refractivity contribution in [2.75, 3.05) is 0 Å². The van der Waals surface area contributed by atoms with E-state index in [1.165, 1.54) is 33.4 Å². The van der Waals surface area contributed by atoms with Gasteiger partial charge in [0.2, 0.25) is 0 Å². The van der Waals surface area contributed by atoms with Gasteiger partial charge < -0.3 is 0 Å². The van der Waals surface area contributed by atoms with Crippen LogP contribution in [0.15, 0.2) is 72.8 Å². The quantitative estimate of drug-likeness (QED) is 0.494. The summed E-state index contributed by atoms with van der Waals surface area (Å²) in [5.41, 5.74) is 7.72. The molecule has 0 heterocycles. The molecule has 0 spiro atoms. The molecule has 3 aromatic carbocycles. The molecular formula is C22H24. The summed E-state index contributed by atoms with van der Waals surface area (Å²) in [5, 5.41) is 0. The lowest BCUT2D eigenvalue weighted by Crippen LogP contribution is -1.83. The predicted molar refractivity (Wildman–Crippen MR) is 98.1 cm³/mol. The van der Waals surface area contributed by atoms with E-state index in [-0.39, 0.29) is 0 Å². The Morgan fingerprint density at radius 1 is 0.455 bits per heavy atom. The van der Waals surface area contributed by atoms with Crippen molar-refractivity contribution in [3.8, 4) is 22.3 Å². The first-order chi connectivity index (χ1) is 10.7. The van der Waals surface area contributed by atoms with Crippen LogP contribution in [0.4, 0.5) is 0 Å². The van der Waals surface area contributed by atoms with Crippen LogP contribution in [0.3, 0.4) is 0 Å². The summed E-state index contributed by atoms with van der Waals surface area (Å²) in [6.07, 6.45) is 0. The monoisotopic (exact) mass is 288 g/mol. The fourth-order valence-corrected chi connectivity index (χ4v) is 2.63. The van der Waals surface area contributed by atoms with E-state index in [2.05, 4.69) is 80.6 Å². The van der Waals surface area contributed by atoms with Gasteiger partial charge in [0.1, 0.15) is 0 Å². The van der Waals surface area contributed by atoms with E-state index in [0.717, 1.165) is 0 Å². The Kier molecular flexibility index (Phi) is 5.55. The summed E-state index contributed by atoms with van der Waals surface area (Å²) in [5.74, 6) is 0. The van der Waals surface area contributed by atoms with E-state index in [1.54, 1.807) is 0 Å². The minimum Gasteiger partial charge on any atom is -0.0683 e. The van der Waals surface area contributed by atoms with Crippen molar-refractivity contribution in [1.82, 2.24) is 0 Å². The van der Waals surface area contributed by atoms with Crippen LogP contribution < -0.4 is 0 Å². The van der Waals surface area contributed by atoms with E-state index in [9.17, 15) is 0 Å². The molecule has 3 aromatic rings. The minimum absolute atomic E-state index is 1.26. The summed E-state index contributed by atoms with van der Waals surface area (Å²) in [6.45, 7) is 8.30. The summed E-state index contributed by atoms with van der Waals surface area (Å²) in [7, 11) is 0. The smallest absolute Gasteiger partial charge is 0.0179 e. The zero-order chi connectivity index (χ0) is 15.9. The lowest BCUT2D eigenvalue weighted by atomic mass is 9.98. The maximum Gasteiger partial charge on any atom is -0.0179 e. The highest BCUT2D eigenvalue weighted by Gasteiger charge is 2.01. The second kappa shape index (κ2) is 7.61. The molecule has 0 nitrogen and oxygen atoms in total. The molecule has 22 heavy (non-hydrogen) atoms. The SMILES string of the molecule is CC.Cc1cc(C)cc(-c2ccc(-c3ccccc3)cc2)c1. The largest absolute Gasteiger partial charge is 0.0683 e. The third-order valence-corrected chi connectivity index (χ3v) is 3.55. The van der Waals surface area contributed by atoms with Crippen LogP contribution in [-0.4, -0.2) is 0 Å². The van der Waals surface area contributed by atoms with Crippen molar-refractivity contribution in [1.29, 1.82) is 0 Å². The first kappa shape index (κ1) is 16.0.